The van der Waals surface area contributed by atoms with Gasteiger partial charge in [0.1, 0.15) is 18.1 Å². The maximum atomic E-state index is 9.93. The van der Waals surface area contributed by atoms with E-state index in [9.17, 15) is 5.11 Å². The number of rotatable bonds is 5. The molecule has 1 fully saturated rings. The van der Waals surface area contributed by atoms with Crippen LogP contribution in [-0.4, -0.2) is 49.3 Å². The number of nitrogens with zero attached hydrogens (tertiary/aromatic N) is 2. The molecule has 0 radical (unpaired) electrons. The fourth-order valence-electron chi connectivity index (χ4n) is 2.79. The quantitative estimate of drug-likeness (QED) is 0.911. The normalized spacial score (nSPS) is 15.6. The monoisotopic (exact) mass is 332 g/mol. The number of ether oxygens (including phenoxy) is 1. The van der Waals surface area contributed by atoms with Crippen LogP contribution in [0.5, 0.6) is 11.5 Å². The van der Waals surface area contributed by atoms with E-state index in [1.165, 1.54) is 0 Å². The molecule has 0 spiro atoms. The zero-order valence-corrected chi connectivity index (χ0v) is 13.7. The van der Waals surface area contributed by atoms with Crippen molar-refractivity contribution in [2.24, 2.45) is 0 Å². The van der Waals surface area contributed by atoms with Gasteiger partial charge in [-0.25, -0.2) is 0 Å². The first-order chi connectivity index (χ1) is 11.2. The number of phenols is 1. The first-order valence-corrected chi connectivity index (χ1v) is 8.24. The van der Waals surface area contributed by atoms with E-state index in [1.807, 2.05) is 42.5 Å². The van der Waals surface area contributed by atoms with Crippen LogP contribution in [0.2, 0.25) is 5.02 Å². The molecule has 0 saturated carbocycles. The van der Waals surface area contributed by atoms with E-state index in [0.29, 0.717) is 17.4 Å². The van der Waals surface area contributed by atoms with Crippen LogP contribution < -0.4 is 9.64 Å². The average molecular weight is 333 g/mol. The summed E-state index contributed by atoms with van der Waals surface area (Å²) in [5.41, 5.74) is 0.916. The maximum absolute atomic E-state index is 9.93. The largest absolute Gasteiger partial charge is 0.506 e. The van der Waals surface area contributed by atoms with E-state index in [2.05, 4.69) is 9.80 Å². The van der Waals surface area contributed by atoms with E-state index in [1.54, 1.807) is 6.07 Å². The molecule has 0 atom stereocenters. The molecule has 4 nitrogen and oxygen atoms in total. The molecule has 1 N–H and O–H groups in total. The number of para-hydroxylation sites is 3. The average Bonchev–Trinajstić information content (AvgIpc) is 2.58. The van der Waals surface area contributed by atoms with Gasteiger partial charge >= 0.3 is 0 Å². The molecule has 2 aromatic carbocycles. The van der Waals surface area contributed by atoms with Crippen LogP contribution in [0.4, 0.5) is 5.69 Å². The molecular formula is C18H21ClN2O2. The van der Waals surface area contributed by atoms with Gasteiger partial charge in [0, 0.05) is 32.7 Å². The van der Waals surface area contributed by atoms with Crippen molar-refractivity contribution < 1.29 is 9.84 Å². The molecule has 1 aliphatic heterocycles. The summed E-state index contributed by atoms with van der Waals surface area (Å²) in [7, 11) is 0. The van der Waals surface area contributed by atoms with Crippen molar-refractivity contribution >= 4 is 17.3 Å². The zero-order valence-electron chi connectivity index (χ0n) is 13.0. The Morgan fingerprint density at radius 2 is 1.65 bits per heavy atom. The molecule has 23 heavy (non-hydrogen) atoms. The SMILES string of the molecule is Oc1ccccc1N1CCN(CCOc2ccccc2Cl)CC1. The number of anilines is 1. The predicted octanol–water partition coefficient (Wildman–Crippen LogP) is 3.25. The number of benzene rings is 2. The van der Waals surface area contributed by atoms with Crippen molar-refractivity contribution in [3.63, 3.8) is 0 Å². The van der Waals surface area contributed by atoms with Gasteiger partial charge in [-0.05, 0) is 24.3 Å². The summed E-state index contributed by atoms with van der Waals surface area (Å²) in [4.78, 5) is 4.59. The molecule has 122 valence electrons. The van der Waals surface area contributed by atoms with Gasteiger partial charge in [-0.2, -0.15) is 0 Å². The second-order valence-electron chi connectivity index (χ2n) is 5.60. The first-order valence-electron chi connectivity index (χ1n) is 7.86. The van der Waals surface area contributed by atoms with Crippen LogP contribution in [-0.2, 0) is 0 Å². The van der Waals surface area contributed by atoms with Crippen molar-refractivity contribution in [3.8, 4) is 11.5 Å². The first kappa shape index (κ1) is 16.0. The Balaban J connectivity index is 1.45. The third-order valence-corrected chi connectivity index (χ3v) is 4.41. The fourth-order valence-corrected chi connectivity index (χ4v) is 2.98. The number of piperazine rings is 1. The lowest BCUT2D eigenvalue weighted by atomic mass is 10.2. The topological polar surface area (TPSA) is 35.9 Å². The molecule has 2 aromatic rings. The lowest BCUT2D eigenvalue weighted by molar-refractivity contribution is 0.200. The minimum Gasteiger partial charge on any atom is -0.506 e. The molecule has 1 heterocycles. The number of aromatic hydroxyl groups is 1. The van der Waals surface area contributed by atoms with Crippen LogP contribution in [0, 0.1) is 0 Å². The molecule has 5 heteroatoms. The van der Waals surface area contributed by atoms with Gasteiger partial charge in [-0.15, -0.1) is 0 Å². The number of hydrogen-bond donors (Lipinski definition) is 1. The summed E-state index contributed by atoms with van der Waals surface area (Å²) in [5, 5.41) is 10.6. The van der Waals surface area contributed by atoms with E-state index < -0.39 is 0 Å². The van der Waals surface area contributed by atoms with E-state index in [4.69, 9.17) is 16.3 Å². The minimum atomic E-state index is 0.350. The summed E-state index contributed by atoms with van der Waals surface area (Å²) in [5.74, 6) is 1.09. The van der Waals surface area contributed by atoms with E-state index >= 15 is 0 Å². The number of halogens is 1. The molecule has 0 bridgehead atoms. The van der Waals surface area contributed by atoms with Crippen LogP contribution in [0.25, 0.3) is 0 Å². The summed E-state index contributed by atoms with van der Waals surface area (Å²) in [6, 6.07) is 15.0. The molecule has 1 saturated heterocycles. The molecule has 0 aromatic heterocycles. The maximum Gasteiger partial charge on any atom is 0.138 e. The highest BCUT2D eigenvalue weighted by molar-refractivity contribution is 6.32. The standard InChI is InChI=1S/C18H21ClN2O2/c19-15-5-1-4-8-18(15)23-14-13-20-9-11-21(12-10-20)16-6-2-3-7-17(16)22/h1-8,22H,9-14H2. The van der Waals surface area contributed by atoms with Gasteiger partial charge in [0.05, 0.1) is 10.7 Å². The lowest BCUT2D eigenvalue weighted by Gasteiger charge is -2.36. The van der Waals surface area contributed by atoms with Crippen molar-refractivity contribution in [1.29, 1.82) is 0 Å². The Morgan fingerprint density at radius 1 is 0.957 bits per heavy atom. The third-order valence-electron chi connectivity index (χ3n) is 4.10. The van der Waals surface area contributed by atoms with Gasteiger partial charge in [0.25, 0.3) is 0 Å². The highest BCUT2D eigenvalue weighted by Gasteiger charge is 2.18. The summed E-state index contributed by atoms with van der Waals surface area (Å²) in [6.45, 7) is 5.23. The summed E-state index contributed by atoms with van der Waals surface area (Å²) in [6.07, 6.45) is 0. The van der Waals surface area contributed by atoms with E-state index in [0.717, 1.165) is 44.2 Å². The van der Waals surface area contributed by atoms with Crippen LogP contribution in [0.3, 0.4) is 0 Å². The Labute approximate surface area is 141 Å². The van der Waals surface area contributed by atoms with Crippen molar-refractivity contribution in [3.05, 3.63) is 53.6 Å². The van der Waals surface area contributed by atoms with Crippen LogP contribution in [0.1, 0.15) is 0 Å². The molecule has 0 aliphatic carbocycles. The predicted molar refractivity (Wildman–Crippen MR) is 93.7 cm³/mol. The molecule has 1 aliphatic rings. The molecule has 0 unspecified atom stereocenters. The highest BCUT2D eigenvalue weighted by Crippen LogP contribution is 2.27. The molecule has 3 rings (SSSR count). The van der Waals surface area contributed by atoms with Crippen LogP contribution >= 0.6 is 11.6 Å². The second kappa shape index (κ2) is 7.57. The van der Waals surface area contributed by atoms with Gasteiger partial charge in [-0.1, -0.05) is 35.9 Å². The highest BCUT2D eigenvalue weighted by atomic mass is 35.5. The Kier molecular flexibility index (Phi) is 5.26. The van der Waals surface area contributed by atoms with Crippen LogP contribution in [0.15, 0.2) is 48.5 Å². The molecule has 0 amide bonds. The fraction of sp³-hybridized carbons (Fsp3) is 0.333. The lowest BCUT2D eigenvalue weighted by Crippen LogP contribution is -2.47. The van der Waals surface area contributed by atoms with Gasteiger partial charge < -0.3 is 14.7 Å². The van der Waals surface area contributed by atoms with Gasteiger partial charge in [0.2, 0.25) is 0 Å². The number of phenolic OH excluding ortho intramolecular Hbond substituents is 1. The Morgan fingerprint density at radius 3 is 2.39 bits per heavy atom. The summed E-state index contributed by atoms with van der Waals surface area (Å²) >= 11 is 6.08. The Hall–Kier alpha value is -1.91. The molecular weight excluding hydrogens is 312 g/mol. The smallest absolute Gasteiger partial charge is 0.138 e. The van der Waals surface area contributed by atoms with Crippen molar-refractivity contribution in [1.82, 2.24) is 4.90 Å². The number of hydrogen-bond acceptors (Lipinski definition) is 4. The Bertz CT molecular complexity index is 640. The van der Waals surface area contributed by atoms with Gasteiger partial charge in [-0.3, -0.25) is 4.90 Å². The van der Waals surface area contributed by atoms with Crippen molar-refractivity contribution in [2.75, 3.05) is 44.2 Å². The third kappa shape index (κ3) is 4.09. The van der Waals surface area contributed by atoms with Crippen molar-refractivity contribution in [2.45, 2.75) is 0 Å². The van der Waals surface area contributed by atoms with E-state index in [-0.39, 0.29) is 0 Å². The minimum absolute atomic E-state index is 0.350. The summed E-state index contributed by atoms with van der Waals surface area (Å²) < 4.78 is 5.74. The zero-order chi connectivity index (χ0) is 16.1. The second-order valence-corrected chi connectivity index (χ2v) is 6.00. The van der Waals surface area contributed by atoms with Gasteiger partial charge in [0.15, 0.2) is 0 Å².